The Morgan fingerprint density at radius 2 is 1.97 bits per heavy atom. The molecule has 1 atom stereocenters. The van der Waals surface area contributed by atoms with E-state index < -0.39 is 17.4 Å². The van der Waals surface area contributed by atoms with Crippen molar-refractivity contribution in [2.24, 2.45) is 5.41 Å². The third-order valence-electron chi connectivity index (χ3n) is 4.82. The first-order chi connectivity index (χ1) is 14.3. The molecule has 162 valence electrons. The topological polar surface area (TPSA) is 120 Å². The first-order valence-electron chi connectivity index (χ1n) is 10.3. The maximum Gasteiger partial charge on any atom is 0.273 e. The lowest BCUT2D eigenvalue weighted by Gasteiger charge is -2.30. The number of nitriles is 1. The van der Waals surface area contributed by atoms with Crippen molar-refractivity contribution in [2.75, 3.05) is 13.2 Å². The number of nitrogens with zero attached hydrogens (tertiary/aromatic N) is 3. The number of hydrogen-bond acceptors (Lipinski definition) is 5. The number of amides is 2. The van der Waals surface area contributed by atoms with Gasteiger partial charge in [-0.05, 0) is 30.7 Å². The van der Waals surface area contributed by atoms with Crippen LogP contribution >= 0.6 is 0 Å². The monoisotopic (exact) mass is 413 g/mol. The number of aliphatic hydroxyl groups is 1. The molecule has 2 aromatic rings. The highest BCUT2D eigenvalue weighted by atomic mass is 16.3. The van der Waals surface area contributed by atoms with Gasteiger partial charge in [0.15, 0.2) is 5.69 Å². The molecule has 0 spiro atoms. The van der Waals surface area contributed by atoms with Crippen LogP contribution in [0.1, 0.15) is 56.9 Å². The van der Waals surface area contributed by atoms with E-state index in [9.17, 15) is 9.59 Å². The molecule has 0 aliphatic rings. The molecule has 0 radical (unpaired) electrons. The van der Waals surface area contributed by atoms with Crippen LogP contribution in [0.25, 0.3) is 10.9 Å². The predicted molar refractivity (Wildman–Crippen MR) is 115 cm³/mol. The lowest BCUT2D eigenvalue weighted by molar-refractivity contribution is -0.125. The molecule has 2 amide bonds. The molecular weight excluding hydrogens is 382 g/mol. The average Bonchev–Trinajstić information content (AvgIpc) is 3.07. The molecule has 0 aliphatic carbocycles. The number of para-hydroxylation sites is 1. The predicted octanol–water partition coefficient (Wildman–Crippen LogP) is 2.37. The van der Waals surface area contributed by atoms with Gasteiger partial charge < -0.3 is 15.7 Å². The fourth-order valence-electron chi connectivity index (χ4n) is 3.20. The van der Waals surface area contributed by atoms with Crippen LogP contribution in [0.4, 0.5) is 0 Å². The Balaban J connectivity index is 2.23. The van der Waals surface area contributed by atoms with Gasteiger partial charge in [0.25, 0.3) is 5.91 Å². The summed E-state index contributed by atoms with van der Waals surface area (Å²) >= 11 is 0. The van der Waals surface area contributed by atoms with Gasteiger partial charge in [0.05, 0.1) is 11.6 Å². The molecule has 1 aromatic carbocycles. The number of hydrogen-bond donors (Lipinski definition) is 3. The van der Waals surface area contributed by atoms with Gasteiger partial charge in [-0.3, -0.25) is 14.3 Å². The van der Waals surface area contributed by atoms with Crippen molar-refractivity contribution < 1.29 is 14.7 Å². The zero-order valence-corrected chi connectivity index (χ0v) is 17.9. The van der Waals surface area contributed by atoms with E-state index in [1.807, 2.05) is 45.0 Å². The minimum absolute atomic E-state index is 0.00931. The number of nitrogens with one attached hydrogen (secondary N) is 2. The summed E-state index contributed by atoms with van der Waals surface area (Å²) in [5, 5.41) is 28.5. The Morgan fingerprint density at radius 3 is 2.63 bits per heavy atom. The van der Waals surface area contributed by atoms with Crippen molar-refractivity contribution in [3.63, 3.8) is 0 Å². The Bertz CT molecular complexity index is 908. The van der Waals surface area contributed by atoms with Crippen LogP contribution in [0.2, 0.25) is 0 Å². The van der Waals surface area contributed by atoms with Gasteiger partial charge in [-0.2, -0.15) is 10.4 Å². The van der Waals surface area contributed by atoms with Crippen molar-refractivity contribution >= 4 is 22.7 Å². The fourth-order valence-corrected chi connectivity index (χ4v) is 3.20. The highest BCUT2D eigenvalue weighted by Crippen LogP contribution is 2.22. The number of benzene rings is 1. The van der Waals surface area contributed by atoms with Gasteiger partial charge in [-0.1, -0.05) is 39.0 Å². The molecule has 1 aromatic heterocycles. The maximum absolute atomic E-state index is 13.1. The second-order valence-electron chi connectivity index (χ2n) is 8.34. The van der Waals surface area contributed by atoms with Crippen molar-refractivity contribution in [3.05, 3.63) is 30.0 Å². The first kappa shape index (κ1) is 23.4. The van der Waals surface area contributed by atoms with Gasteiger partial charge >= 0.3 is 0 Å². The Hall–Kier alpha value is -2.92. The smallest absolute Gasteiger partial charge is 0.273 e. The summed E-state index contributed by atoms with van der Waals surface area (Å²) in [5.41, 5.74) is 0.622. The van der Waals surface area contributed by atoms with Crippen LogP contribution in [0.5, 0.6) is 0 Å². The van der Waals surface area contributed by atoms with E-state index in [1.54, 1.807) is 4.68 Å². The number of unbranched alkanes of at least 4 members (excludes halogenated alkanes) is 2. The second kappa shape index (κ2) is 10.7. The standard InChI is InChI=1S/C22H31N5O3/c1-22(2,3)19(21(30)24-13-9-15-28)25-20(29)18-16-10-5-6-11-17(16)27(26-18)14-8-4-7-12-23/h5-6,10-11,19,28H,4,7-9,13-15H2,1-3H3,(H,24,30)(H,25,29). The minimum atomic E-state index is -0.747. The van der Waals surface area contributed by atoms with Crippen LogP contribution in [0.15, 0.2) is 24.3 Å². The number of rotatable bonds is 10. The zero-order chi connectivity index (χ0) is 22.1. The molecule has 30 heavy (non-hydrogen) atoms. The highest BCUT2D eigenvalue weighted by Gasteiger charge is 2.33. The third kappa shape index (κ3) is 6.04. The summed E-state index contributed by atoms with van der Waals surface area (Å²) in [6, 6.07) is 8.88. The summed E-state index contributed by atoms with van der Waals surface area (Å²) in [5.74, 6) is -0.691. The fraction of sp³-hybridized carbons (Fsp3) is 0.545. The van der Waals surface area contributed by atoms with Gasteiger partial charge in [0, 0.05) is 31.5 Å². The lowest BCUT2D eigenvalue weighted by atomic mass is 9.86. The lowest BCUT2D eigenvalue weighted by Crippen LogP contribution is -2.53. The summed E-state index contributed by atoms with van der Waals surface area (Å²) in [6.07, 6.45) is 2.51. The van der Waals surface area contributed by atoms with Crippen LogP contribution in [-0.2, 0) is 11.3 Å². The maximum atomic E-state index is 13.1. The number of aromatic nitrogens is 2. The summed E-state index contributed by atoms with van der Waals surface area (Å²) < 4.78 is 1.79. The van der Waals surface area contributed by atoms with Crippen LogP contribution < -0.4 is 10.6 Å². The van der Waals surface area contributed by atoms with Gasteiger partial charge in [-0.15, -0.1) is 0 Å². The molecule has 0 saturated carbocycles. The number of fused-ring (bicyclic) bond motifs is 1. The Kier molecular flexibility index (Phi) is 8.36. The Labute approximate surface area is 177 Å². The quantitative estimate of drug-likeness (QED) is 0.517. The molecule has 2 rings (SSSR count). The van der Waals surface area contributed by atoms with Gasteiger partial charge in [-0.25, -0.2) is 0 Å². The second-order valence-corrected chi connectivity index (χ2v) is 8.34. The zero-order valence-electron chi connectivity index (χ0n) is 17.9. The van der Waals surface area contributed by atoms with E-state index in [4.69, 9.17) is 10.4 Å². The minimum Gasteiger partial charge on any atom is -0.396 e. The number of aliphatic hydroxyl groups excluding tert-OH is 1. The molecule has 3 N–H and O–H groups in total. The summed E-state index contributed by atoms with van der Waals surface area (Å²) in [6.45, 7) is 6.60. The third-order valence-corrected chi connectivity index (χ3v) is 4.82. The summed E-state index contributed by atoms with van der Waals surface area (Å²) in [7, 11) is 0. The van der Waals surface area contributed by atoms with Crippen LogP contribution in [0, 0.1) is 16.7 Å². The molecule has 0 fully saturated rings. The van der Waals surface area contributed by atoms with E-state index in [2.05, 4.69) is 21.8 Å². The van der Waals surface area contributed by atoms with E-state index >= 15 is 0 Å². The van der Waals surface area contributed by atoms with Gasteiger partial charge in [0.2, 0.25) is 5.91 Å². The molecule has 0 bridgehead atoms. The highest BCUT2D eigenvalue weighted by molar-refractivity contribution is 6.06. The average molecular weight is 414 g/mol. The SMILES string of the molecule is CC(C)(C)C(NC(=O)c1nn(CCCCC#N)c2ccccc12)C(=O)NCCCO. The van der Waals surface area contributed by atoms with E-state index in [0.717, 1.165) is 23.7 Å². The molecule has 0 aliphatic heterocycles. The molecular formula is C22H31N5O3. The van der Waals surface area contributed by atoms with Gasteiger partial charge in [0.1, 0.15) is 6.04 Å². The number of carbonyl (C=O) groups is 2. The largest absolute Gasteiger partial charge is 0.396 e. The summed E-state index contributed by atoms with van der Waals surface area (Å²) in [4.78, 5) is 25.7. The first-order valence-corrected chi connectivity index (χ1v) is 10.3. The van der Waals surface area contributed by atoms with Crippen molar-refractivity contribution in [1.82, 2.24) is 20.4 Å². The molecule has 8 nitrogen and oxygen atoms in total. The van der Waals surface area contributed by atoms with Crippen molar-refractivity contribution in [2.45, 2.75) is 59.0 Å². The van der Waals surface area contributed by atoms with Crippen LogP contribution in [-0.4, -0.2) is 45.9 Å². The van der Waals surface area contributed by atoms with Crippen LogP contribution in [0.3, 0.4) is 0 Å². The van der Waals surface area contributed by atoms with E-state index in [-0.39, 0.29) is 18.2 Å². The molecule has 1 heterocycles. The molecule has 0 saturated heterocycles. The van der Waals surface area contributed by atoms with Crippen molar-refractivity contribution in [3.8, 4) is 6.07 Å². The number of carbonyl (C=O) groups excluding carboxylic acids is 2. The van der Waals surface area contributed by atoms with Crippen molar-refractivity contribution in [1.29, 1.82) is 5.26 Å². The molecule has 1 unspecified atom stereocenters. The Morgan fingerprint density at radius 1 is 1.23 bits per heavy atom. The normalized spacial score (nSPS) is 12.4. The van der Waals surface area contributed by atoms with E-state index in [1.165, 1.54) is 0 Å². The number of aryl methyl sites for hydroxylation is 1. The van der Waals surface area contributed by atoms with E-state index in [0.29, 0.717) is 25.9 Å². The molecule has 8 heteroatoms.